The predicted octanol–water partition coefficient (Wildman–Crippen LogP) is 1.51. The minimum Gasteiger partial charge on any atom is -0.350 e. The molecule has 2 aromatic rings. The Morgan fingerprint density at radius 2 is 2.29 bits per heavy atom. The molecule has 0 saturated heterocycles. The molecule has 0 unspecified atom stereocenters. The Balaban J connectivity index is 1.86. The number of carbonyl (C=O) groups is 1. The SMILES string of the molecule is Cc1c[nH]c2ncnc(N3C=C(C(=O)NCC(C)(C)N)SCC3)c12. The molecule has 1 aliphatic rings. The number of amides is 1. The number of nitrogens with two attached hydrogens (primary N) is 1. The first kappa shape index (κ1) is 16.8. The highest BCUT2D eigenvalue weighted by atomic mass is 32.2. The van der Waals surface area contributed by atoms with E-state index in [1.165, 1.54) is 0 Å². The standard InChI is InChI=1S/C16H22N6OS/c1-10-6-18-13-12(10)14(21-9-20-13)22-4-5-24-11(7-22)15(23)19-8-16(2,3)17/h6-7,9H,4-5,8,17H2,1-3H3,(H,19,23)(H,18,20,21). The number of hydrogen-bond donors (Lipinski definition) is 3. The average Bonchev–Trinajstić information content (AvgIpc) is 2.93. The zero-order chi connectivity index (χ0) is 17.3. The van der Waals surface area contributed by atoms with E-state index in [0.717, 1.165) is 34.7 Å². The molecule has 0 spiro atoms. The van der Waals surface area contributed by atoms with Crippen molar-refractivity contribution in [3.8, 4) is 0 Å². The van der Waals surface area contributed by atoms with E-state index >= 15 is 0 Å². The summed E-state index contributed by atoms with van der Waals surface area (Å²) in [4.78, 5) is 26.9. The van der Waals surface area contributed by atoms with Crippen molar-refractivity contribution in [2.45, 2.75) is 26.3 Å². The van der Waals surface area contributed by atoms with E-state index in [4.69, 9.17) is 5.73 Å². The summed E-state index contributed by atoms with van der Waals surface area (Å²) in [7, 11) is 0. The molecule has 8 heteroatoms. The Labute approximate surface area is 145 Å². The lowest BCUT2D eigenvalue weighted by atomic mass is 10.1. The topological polar surface area (TPSA) is 99.9 Å². The molecule has 24 heavy (non-hydrogen) atoms. The maximum Gasteiger partial charge on any atom is 0.259 e. The number of carbonyl (C=O) groups excluding carboxylic acids is 1. The van der Waals surface area contributed by atoms with Crippen molar-refractivity contribution >= 4 is 34.5 Å². The average molecular weight is 346 g/mol. The van der Waals surface area contributed by atoms with Gasteiger partial charge in [-0.2, -0.15) is 0 Å². The fourth-order valence-corrected chi connectivity index (χ4v) is 3.41. The van der Waals surface area contributed by atoms with Crippen LogP contribution in [0, 0.1) is 6.92 Å². The molecule has 0 aliphatic carbocycles. The molecule has 0 bridgehead atoms. The predicted molar refractivity (Wildman–Crippen MR) is 97.8 cm³/mol. The number of aromatic amines is 1. The van der Waals surface area contributed by atoms with Gasteiger partial charge in [0.1, 0.15) is 17.8 Å². The molecule has 1 aliphatic heterocycles. The number of fused-ring (bicyclic) bond motifs is 1. The van der Waals surface area contributed by atoms with Crippen LogP contribution < -0.4 is 16.0 Å². The Kier molecular flexibility index (Phi) is 4.51. The normalized spacial score (nSPS) is 15.5. The zero-order valence-corrected chi connectivity index (χ0v) is 14.9. The number of thioether (sulfide) groups is 1. The lowest BCUT2D eigenvalue weighted by Crippen LogP contribution is -2.45. The fraction of sp³-hybridized carbons (Fsp3) is 0.438. The molecule has 0 saturated carbocycles. The van der Waals surface area contributed by atoms with Gasteiger partial charge in [-0.15, -0.1) is 11.8 Å². The summed E-state index contributed by atoms with van der Waals surface area (Å²) in [6.07, 6.45) is 5.32. The lowest BCUT2D eigenvalue weighted by molar-refractivity contribution is -0.117. The second-order valence-corrected chi connectivity index (χ2v) is 7.74. The van der Waals surface area contributed by atoms with Gasteiger partial charge in [-0.3, -0.25) is 4.79 Å². The number of aromatic nitrogens is 3. The molecule has 128 valence electrons. The molecule has 3 rings (SSSR count). The third-order valence-electron chi connectivity index (χ3n) is 3.71. The summed E-state index contributed by atoms with van der Waals surface area (Å²) in [5, 5.41) is 3.88. The summed E-state index contributed by atoms with van der Waals surface area (Å²) in [6.45, 7) is 7.01. The van der Waals surface area contributed by atoms with Gasteiger partial charge in [0.25, 0.3) is 5.91 Å². The Hall–Kier alpha value is -2.06. The summed E-state index contributed by atoms with van der Waals surface area (Å²) in [5.74, 6) is 1.54. The summed E-state index contributed by atoms with van der Waals surface area (Å²) in [6, 6.07) is 0. The van der Waals surface area contributed by atoms with Gasteiger partial charge in [0.2, 0.25) is 0 Å². The summed E-state index contributed by atoms with van der Waals surface area (Å²) in [5.41, 5.74) is 7.38. The first-order valence-corrected chi connectivity index (χ1v) is 8.81. The first-order valence-electron chi connectivity index (χ1n) is 7.82. The minimum absolute atomic E-state index is 0.0979. The number of aryl methyl sites for hydroxylation is 1. The number of anilines is 1. The summed E-state index contributed by atoms with van der Waals surface area (Å²) >= 11 is 1.55. The van der Waals surface area contributed by atoms with Crippen molar-refractivity contribution in [2.24, 2.45) is 5.73 Å². The van der Waals surface area contributed by atoms with E-state index in [0.29, 0.717) is 11.4 Å². The van der Waals surface area contributed by atoms with Gasteiger partial charge >= 0.3 is 0 Å². The maximum absolute atomic E-state index is 12.4. The van der Waals surface area contributed by atoms with E-state index in [-0.39, 0.29) is 5.91 Å². The number of H-pyrrole nitrogens is 1. The molecule has 3 heterocycles. The van der Waals surface area contributed by atoms with Crippen molar-refractivity contribution in [2.75, 3.05) is 23.7 Å². The van der Waals surface area contributed by atoms with Crippen LogP contribution in [0.4, 0.5) is 5.82 Å². The molecule has 2 aromatic heterocycles. The van der Waals surface area contributed by atoms with E-state index in [2.05, 4.69) is 20.3 Å². The summed E-state index contributed by atoms with van der Waals surface area (Å²) < 4.78 is 0. The zero-order valence-electron chi connectivity index (χ0n) is 14.1. The van der Waals surface area contributed by atoms with Crippen LogP contribution in [0.2, 0.25) is 0 Å². The molecule has 4 N–H and O–H groups in total. The molecule has 0 atom stereocenters. The largest absolute Gasteiger partial charge is 0.350 e. The van der Waals surface area contributed by atoms with Gasteiger partial charge in [0.15, 0.2) is 0 Å². The van der Waals surface area contributed by atoms with Crippen molar-refractivity contribution in [1.82, 2.24) is 20.3 Å². The molecule has 7 nitrogen and oxygen atoms in total. The Morgan fingerprint density at radius 3 is 3.04 bits per heavy atom. The number of rotatable bonds is 4. The van der Waals surface area contributed by atoms with Crippen LogP contribution in [0.15, 0.2) is 23.6 Å². The first-order chi connectivity index (χ1) is 11.3. The monoisotopic (exact) mass is 346 g/mol. The number of nitrogens with zero attached hydrogens (tertiary/aromatic N) is 3. The molecule has 0 fully saturated rings. The van der Waals surface area contributed by atoms with Crippen LogP contribution in [0.25, 0.3) is 11.0 Å². The third kappa shape index (κ3) is 3.54. The fourth-order valence-electron chi connectivity index (χ4n) is 2.50. The lowest BCUT2D eigenvalue weighted by Gasteiger charge is -2.26. The van der Waals surface area contributed by atoms with Crippen LogP contribution in [0.5, 0.6) is 0 Å². The second-order valence-electron chi connectivity index (χ2n) is 6.60. The maximum atomic E-state index is 12.4. The molecule has 0 aromatic carbocycles. The smallest absolute Gasteiger partial charge is 0.259 e. The van der Waals surface area contributed by atoms with E-state index in [1.54, 1.807) is 18.1 Å². The van der Waals surface area contributed by atoms with Gasteiger partial charge < -0.3 is 20.9 Å². The highest BCUT2D eigenvalue weighted by Crippen LogP contribution is 2.30. The van der Waals surface area contributed by atoms with Gasteiger partial charge in [0, 0.05) is 36.8 Å². The van der Waals surface area contributed by atoms with Crippen LogP contribution in [0.3, 0.4) is 0 Å². The van der Waals surface area contributed by atoms with Crippen molar-refractivity contribution in [1.29, 1.82) is 0 Å². The highest BCUT2D eigenvalue weighted by molar-refractivity contribution is 8.04. The van der Waals surface area contributed by atoms with Crippen LogP contribution >= 0.6 is 11.8 Å². The van der Waals surface area contributed by atoms with Crippen LogP contribution in [-0.4, -0.2) is 45.2 Å². The van der Waals surface area contributed by atoms with Gasteiger partial charge in [-0.25, -0.2) is 9.97 Å². The van der Waals surface area contributed by atoms with Crippen LogP contribution in [0.1, 0.15) is 19.4 Å². The number of hydrogen-bond acceptors (Lipinski definition) is 6. The van der Waals surface area contributed by atoms with Crippen LogP contribution in [-0.2, 0) is 4.79 Å². The number of nitrogens with one attached hydrogen (secondary N) is 2. The molecule has 1 amide bonds. The quantitative estimate of drug-likeness (QED) is 0.776. The third-order valence-corrected chi connectivity index (χ3v) is 4.70. The van der Waals surface area contributed by atoms with Crippen molar-refractivity contribution < 1.29 is 4.79 Å². The van der Waals surface area contributed by atoms with Gasteiger partial charge in [-0.05, 0) is 26.3 Å². The molecule has 0 radical (unpaired) electrons. The highest BCUT2D eigenvalue weighted by Gasteiger charge is 2.22. The molecular weight excluding hydrogens is 324 g/mol. The second kappa shape index (κ2) is 6.45. The van der Waals surface area contributed by atoms with E-state index in [9.17, 15) is 4.79 Å². The van der Waals surface area contributed by atoms with E-state index < -0.39 is 5.54 Å². The van der Waals surface area contributed by atoms with Crippen molar-refractivity contribution in [3.63, 3.8) is 0 Å². The van der Waals surface area contributed by atoms with Crippen molar-refractivity contribution in [3.05, 3.63) is 29.2 Å². The Bertz CT molecular complexity index is 791. The Morgan fingerprint density at radius 1 is 1.50 bits per heavy atom. The minimum atomic E-state index is -0.434. The van der Waals surface area contributed by atoms with E-state index in [1.807, 2.05) is 38.1 Å². The van der Waals surface area contributed by atoms with Gasteiger partial charge in [-0.1, -0.05) is 0 Å². The van der Waals surface area contributed by atoms with Gasteiger partial charge in [0.05, 0.1) is 10.3 Å². The molecular formula is C16H22N6OS.